The number of hydrogen-bond acceptors (Lipinski definition) is 2. The Morgan fingerprint density at radius 2 is 1.82 bits per heavy atom. The molecule has 0 saturated carbocycles. The van der Waals surface area contributed by atoms with E-state index in [0.29, 0.717) is 5.91 Å². The van der Waals surface area contributed by atoms with Crippen molar-refractivity contribution in [2.45, 2.75) is 47.5 Å². The first-order chi connectivity index (χ1) is 8.22. The minimum atomic E-state index is 0.249. The van der Waals surface area contributed by atoms with Crippen LogP contribution < -0.4 is 0 Å². The van der Waals surface area contributed by atoms with Crippen molar-refractivity contribution in [1.29, 1.82) is 0 Å². The maximum Gasteiger partial charge on any atom is 0.226 e. The Labute approximate surface area is 107 Å². The molecule has 0 aliphatic carbocycles. The van der Waals surface area contributed by atoms with Crippen LogP contribution in [0.1, 0.15) is 47.5 Å². The Morgan fingerprint density at radius 3 is 2.29 bits per heavy atom. The summed E-state index contributed by atoms with van der Waals surface area (Å²) < 4.78 is 0. The molecule has 1 saturated heterocycles. The molecule has 0 aromatic rings. The number of hydrogen-bond donors (Lipinski definition) is 0. The van der Waals surface area contributed by atoms with E-state index in [1.807, 2.05) is 18.7 Å². The Bertz CT molecular complexity index is 202. The molecule has 0 spiro atoms. The molecule has 0 aromatic heterocycles. The summed E-state index contributed by atoms with van der Waals surface area (Å²) in [6.45, 7) is 15.2. The van der Waals surface area contributed by atoms with Gasteiger partial charge in [-0.15, -0.1) is 0 Å². The minimum Gasteiger partial charge on any atom is -0.343 e. The van der Waals surface area contributed by atoms with Crippen LogP contribution in [0.5, 0.6) is 0 Å². The summed E-state index contributed by atoms with van der Waals surface area (Å²) in [4.78, 5) is 16.5. The number of likely N-dealkylation sites (tertiary alicyclic amines) is 1. The molecule has 1 heterocycles. The third-order valence-electron chi connectivity index (χ3n) is 3.38. The maximum atomic E-state index is 12.1. The van der Waals surface area contributed by atoms with Gasteiger partial charge in [0.25, 0.3) is 0 Å². The predicted molar refractivity (Wildman–Crippen MR) is 74.1 cm³/mol. The Hall–Kier alpha value is -0.570. The van der Waals surface area contributed by atoms with Gasteiger partial charge in [-0.2, -0.15) is 0 Å². The normalized spacial score (nSPS) is 20.4. The van der Waals surface area contributed by atoms with Crippen molar-refractivity contribution in [2.75, 3.05) is 32.7 Å². The van der Waals surface area contributed by atoms with Gasteiger partial charge in [0.05, 0.1) is 5.92 Å². The lowest BCUT2D eigenvalue weighted by Crippen LogP contribution is -2.44. The molecular formula is C14H30N2O. The van der Waals surface area contributed by atoms with Crippen LogP contribution in [0.2, 0.25) is 0 Å². The van der Waals surface area contributed by atoms with Gasteiger partial charge < -0.3 is 9.80 Å². The first kappa shape index (κ1) is 16.4. The first-order valence-electron chi connectivity index (χ1n) is 7.24. The predicted octanol–water partition coefficient (Wildman–Crippen LogP) is 2.61. The van der Waals surface area contributed by atoms with Gasteiger partial charge in [-0.3, -0.25) is 4.79 Å². The second-order valence-corrected chi connectivity index (χ2v) is 4.24. The zero-order valence-corrected chi connectivity index (χ0v) is 12.3. The van der Waals surface area contributed by atoms with E-state index in [1.165, 1.54) is 13.0 Å². The van der Waals surface area contributed by atoms with Gasteiger partial charge in [0.1, 0.15) is 0 Å². The van der Waals surface area contributed by atoms with Gasteiger partial charge in [0, 0.05) is 19.6 Å². The molecule has 1 rings (SSSR count). The van der Waals surface area contributed by atoms with E-state index >= 15 is 0 Å². The fourth-order valence-electron chi connectivity index (χ4n) is 2.34. The average Bonchev–Trinajstić information content (AvgIpc) is 2.42. The van der Waals surface area contributed by atoms with Crippen molar-refractivity contribution in [3.8, 4) is 0 Å². The van der Waals surface area contributed by atoms with Gasteiger partial charge in [-0.05, 0) is 39.8 Å². The third kappa shape index (κ3) is 5.07. The highest BCUT2D eigenvalue weighted by atomic mass is 16.2. The summed E-state index contributed by atoms with van der Waals surface area (Å²) in [7, 11) is 0. The Kier molecular flexibility index (Phi) is 9.14. The summed E-state index contributed by atoms with van der Waals surface area (Å²) in [6.07, 6.45) is 2.25. The van der Waals surface area contributed by atoms with Crippen molar-refractivity contribution in [1.82, 2.24) is 9.80 Å². The zero-order chi connectivity index (χ0) is 13.3. The number of rotatable bonds is 4. The van der Waals surface area contributed by atoms with Crippen LogP contribution in [0.15, 0.2) is 0 Å². The molecule has 1 amide bonds. The molecule has 0 aromatic carbocycles. The number of amides is 1. The van der Waals surface area contributed by atoms with Crippen LogP contribution in [-0.2, 0) is 4.79 Å². The molecule has 3 heteroatoms. The average molecular weight is 242 g/mol. The molecule has 1 aliphatic rings. The van der Waals surface area contributed by atoms with E-state index in [-0.39, 0.29) is 5.92 Å². The first-order valence-corrected chi connectivity index (χ1v) is 7.24. The van der Waals surface area contributed by atoms with Gasteiger partial charge in [-0.25, -0.2) is 0 Å². The third-order valence-corrected chi connectivity index (χ3v) is 3.38. The van der Waals surface area contributed by atoms with E-state index in [2.05, 4.69) is 25.7 Å². The standard InChI is InChI=1S/C12H24N2O.C2H6/c1-4-13-9-7-8-11(10-13)12(15)14(5-2)6-3;1-2/h11H,4-10H2,1-3H3;1-2H3. The van der Waals surface area contributed by atoms with Crippen LogP contribution >= 0.6 is 0 Å². The number of piperidine rings is 1. The Morgan fingerprint density at radius 1 is 1.24 bits per heavy atom. The monoisotopic (exact) mass is 242 g/mol. The van der Waals surface area contributed by atoms with Crippen LogP contribution in [0.4, 0.5) is 0 Å². The molecule has 0 bridgehead atoms. The summed E-state index contributed by atoms with van der Waals surface area (Å²) in [5.74, 6) is 0.608. The van der Waals surface area contributed by atoms with E-state index < -0.39 is 0 Å². The van der Waals surface area contributed by atoms with Crippen molar-refractivity contribution in [3.05, 3.63) is 0 Å². The highest BCUT2D eigenvalue weighted by molar-refractivity contribution is 5.79. The Balaban J connectivity index is 0.00000121. The number of carbonyl (C=O) groups is 1. The topological polar surface area (TPSA) is 23.6 Å². The molecule has 3 nitrogen and oxygen atoms in total. The SMILES string of the molecule is CC.CCN1CCCC(C(=O)N(CC)CC)C1. The minimum absolute atomic E-state index is 0.249. The van der Waals surface area contributed by atoms with Crippen molar-refractivity contribution in [3.63, 3.8) is 0 Å². The lowest BCUT2D eigenvalue weighted by Gasteiger charge is -2.33. The van der Waals surface area contributed by atoms with Crippen LogP contribution in [-0.4, -0.2) is 48.4 Å². The van der Waals surface area contributed by atoms with E-state index in [0.717, 1.165) is 32.6 Å². The van der Waals surface area contributed by atoms with E-state index in [1.54, 1.807) is 0 Å². The largest absolute Gasteiger partial charge is 0.343 e. The maximum absolute atomic E-state index is 12.1. The fraction of sp³-hybridized carbons (Fsp3) is 0.929. The molecule has 0 radical (unpaired) electrons. The molecule has 1 atom stereocenters. The summed E-state index contributed by atoms with van der Waals surface area (Å²) >= 11 is 0. The second kappa shape index (κ2) is 9.46. The van der Waals surface area contributed by atoms with Crippen LogP contribution in [0.3, 0.4) is 0 Å². The molecule has 1 unspecified atom stereocenters. The summed E-state index contributed by atoms with van der Waals surface area (Å²) in [6, 6.07) is 0. The lowest BCUT2D eigenvalue weighted by molar-refractivity contribution is -0.136. The summed E-state index contributed by atoms with van der Waals surface area (Å²) in [5.41, 5.74) is 0. The van der Waals surface area contributed by atoms with E-state index in [4.69, 9.17) is 0 Å². The van der Waals surface area contributed by atoms with Gasteiger partial charge >= 0.3 is 0 Å². The van der Waals surface area contributed by atoms with Gasteiger partial charge in [-0.1, -0.05) is 20.8 Å². The molecular weight excluding hydrogens is 212 g/mol. The molecule has 1 fully saturated rings. The quantitative estimate of drug-likeness (QED) is 0.756. The second-order valence-electron chi connectivity index (χ2n) is 4.24. The van der Waals surface area contributed by atoms with Crippen LogP contribution in [0, 0.1) is 5.92 Å². The molecule has 102 valence electrons. The van der Waals surface area contributed by atoms with Gasteiger partial charge in [0.15, 0.2) is 0 Å². The van der Waals surface area contributed by atoms with Crippen molar-refractivity contribution in [2.24, 2.45) is 5.92 Å². The summed E-state index contributed by atoms with van der Waals surface area (Å²) in [5, 5.41) is 0. The van der Waals surface area contributed by atoms with Crippen LogP contribution in [0.25, 0.3) is 0 Å². The lowest BCUT2D eigenvalue weighted by atomic mass is 9.96. The molecule has 0 N–H and O–H groups in total. The van der Waals surface area contributed by atoms with Gasteiger partial charge in [0.2, 0.25) is 5.91 Å². The van der Waals surface area contributed by atoms with E-state index in [9.17, 15) is 4.79 Å². The number of nitrogens with zero attached hydrogens (tertiary/aromatic N) is 2. The zero-order valence-electron chi connectivity index (χ0n) is 12.3. The van der Waals surface area contributed by atoms with Crippen molar-refractivity contribution < 1.29 is 4.79 Å². The number of carbonyl (C=O) groups excluding carboxylic acids is 1. The molecule has 17 heavy (non-hydrogen) atoms. The fourth-order valence-corrected chi connectivity index (χ4v) is 2.34. The van der Waals surface area contributed by atoms with Crippen molar-refractivity contribution >= 4 is 5.91 Å². The highest BCUT2D eigenvalue weighted by Gasteiger charge is 2.27. The highest BCUT2D eigenvalue weighted by Crippen LogP contribution is 2.18. The molecule has 1 aliphatic heterocycles. The smallest absolute Gasteiger partial charge is 0.226 e.